The third-order valence-electron chi connectivity index (χ3n) is 2.81. The minimum atomic E-state index is -0.946. The summed E-state index contributed by atoms with van der Waals surface area (Å²) in [7, 11) is 1.81. The van der Waals surface area contributed by atoms with Crippen LogP contribution in [0.2, 0.25) is 0 Å². The van der Waals surface area contributed by atoms with Gasteiger partial charge >= 0.3 is 5.97 Å². The number of hydrogen-bond acceptors (Lipinski definition) is 3. The van der Waals surface area contributed by atoms with Gasteiger partial charge in [-0.3, -0.25) is 4.79 Å². The maximum absolute atomic E-state index is 11.6. The molecule has 0 aliphatic carbocycles. The van der Waals surface area contributed by atoms with Gasteiger partial charge in [-0.15, -0.1) is 0 Å². The largest absolute Gasteiger partial charge is 0.478 e. The van der Waals surface area contributed by atoms with E-state index in [1.54, 1.807) is 18.2 Å². The molecule has 0 spiro atoms. The van der Waals surface area contributed by atoms with Gasteiger partial charge in [-0.05, 0) is 37.1 Å². The van der Waals surface area contributed by atoms with Crippen LogP contribution in [-0.2, 0) is 4.79 Å². The summed E-state index contributed by atoms with van der Waals surface area (Å²) in [5, 5.41) is 11.7. The molecule has 5 heteroatoms. The molecule has 0 aliphatic rings. The first-order chi connectivity index (χ1) is 8.95. The van der Waals surface area contributed by atoms with E-state index in [1.807, 2.05) is 25.8 Å². The summed E-state index contributed by atoms with van der Waals surface area (Å²) >= 11 is 0. The van der Waals surface area contributed by atoms with Crippen LogP contribution in [0.1, 0.15) is 29.3 Å². The average molecular weight is 264 g/mol. The zero-order valence-corrected chi connectivity index (χ0v) is 11.6. The Morgan fingerprint density at radius 2 is 2.05 bits per heavy atom. The Balaban J connectivity index is 2.74. The normalized spacial score (nSPS) is 10.1. The molecular weight excluding hydrogens is 244 g/mol. The van der Waals surface area contributed by atoms with E-state index in [4.69, 9.17) is 5.11 Å². The van der Waals surface area contributed by atoms with Gasteiger partial charge < -0.3 is 15.3 Å². The number of rotatable bonds is 6. The van der Waals surface area contributed by atoms with Crippen LogP contribution in [0, 0.1) is 6.92 Å². The van der Waals surface area contributed by atoms with Crippen molar-refractivity contribution in [1.82, 2.24) is 5.32 Å². The lowest BCUT2D eigenvalue weighted by Crippen LogP contribution is -2.35. The number of carboxylic acids is 1. The summed E-state index contributed by atoms with van der Waals surface area (Å²) in [4.78, 5) is 24.3. The molecule has 1 aromatic rings. The molecule has 1 rings (SSSR count). The summed E-state index contributed by atoms with van der Waals surface area (Å²) in [5.41, 5.74) is 1.95. The second-order valence-electron chi connectivity index (χ2n) is 4.51. The van der Waals surface area contributed by atoms with Crippen molar-refractivity contribution in [3.05, 3.63) is 29.3 Å². The van der Waals surface area contributed by atoms with Crippen LogP contribution in [0.5, 0.6) is 0 Å². The van der Waals surface area contributed by atoms with Crippen LogP contribution in [0.25, 0.3) is 0 Å². The number of hydrogen-bond donors (Lipinski definition) is 2. The molecule has 0 atom stereocenters. The number of nitrogens with zero attached hydrogens (tertiary/aromatic N) is 1. The summed E-state index contributed by atoms with van der Waals surface area (Å²) in [5.74, 6) is -0.982. The van der Waals surface area contributed by atoms with E-state index in [2.05, 4.69) is 5.32 Å². The molecule has 19 heavy (non-hydrogen) atoms. The van der Waals surface area contributed by atoms with Crippen LogP contribution in [0.3, 0.4) is 0 Å². The van der Waals surface area contributed by atoms with Gasteiger partial charge in [0.05, 0.1) is 12.1 Å². The van der Waals surface area contributed by atoms with E-state index < -0.39 is 5.97 Å². The van der Waals surface area contributed by atoms with Gasteiger partial charge in [0.2, 0.25) is 5.91 Å². The molecule has 0 unspecified atom stereocenters. The predicted octanol–water partition coefficient (Wildman–Crippen LogP) is 1.66. The zero-order chi connectivity index (χ0) is 14.4. The maximum atomic E-state index is 11.6. The minimum absolute atomic E-state index is 0.0361. The number of aryl methyl sites for hydroxylation is 1. The lowest BCUT2D eigenvalue weighted by Gasteiger charge is -2.21. The molecule has 0 saturated carbocycles. The second-order valence-corrected chi connectivity index (χ2v) is 4.51. The van der Waals surface area contributed by atoms with Gasteiger partial charge in [0.25, 0.3) is 0 Å². The number of nitrogens with one attached hydrogen (secondary N) is 1. The minimum Gasteiger partial charge on any atom is -0.478 e. The van der Waals surface area contributed by atoms with E-state index in [1.165, 1.54) is 0 Å². The fourth-order valence-electron chi connectivity index (χ4n) is 1.84. The molecule has 5 nitrogen and oxygen atoms in total. The monoisotopic (exact) mass is 264 g/mol. The molecule has 1 aromatic carbocycles. The molecule has 2 N–H and O–H groups in total. The lowest BCUT2D eigenvalue weighted by atomic mass is 10.1. The Labute approximate surface area is 113 Å². The Hall–Kier alpha value is -2.04. The molecule has 0 saturated heterocycles. The Kier molecular flexibility index (Phi) is 5.36. The molecule has 0 bridgehead atoms. The number of likely N-dealkylation sites (N-methyl/N-ethyl adjacent to an activating group) is 1. The van der Waals surface area contributed by atoms with E-state index in [-0.39, 0.29) is 18.0 Å². The van der Waals surface area contributed by atoms with E-state index in [0.717, 1.165) is 17.7 Å². The summed E-state index contributed by atoms with van der Waals surface area (Å²) in [6, 6.07) is 4.88. The fraction of sp³-hybridized carbons (Fsp3) is 0.429. The number of carbonyl (C=O) groups excluding carboxylic acids is 1. The number of benzene rings is 1. The quantitative estimate of drug-likeness (QED) is 0.819. The van der Waals surface area contributed by atoms with Crippen molar-refractivity contribution >= 4 is 17.6 Å². The van der Waals surface area contributed by atoms with Crippen LogP contribution in [-0.4, -0.2) is 37.1 Å². The van der Waals surface area contributed by atoms with Gasteiger partial charge in [0.1, 0.15) is 0 Å². The highest BCUT2D eigenvalue weighted by Gasteiger charge is 2.11. The zero-order valence-electron chi connectivity index (χ0n) is 11.6. The van der Waals surface area contributed by atoms with Gasteiger partial charge in [-0.1, -0.05) is 6.92 Å². The molecular formula is C14H20N2O3. The van der Waals surface area contributed by atoms with Crippen molar-refractivity contribution in [3.63, 3.8) is 0 Å². The van der Waals surface area contributed by atoms with Gasteiger partial charge in [-0.25, -0.2) is 4.79 Å². The highest BCUT2D eigenvalue weighted by Crippen LogP contribution is 2.20. The molecule has 104 valence electrons. The summed E-state index contributed by atoms with van der Waals surface area (Å²) in [6.45, 7) is 4.76. The SMILES string of the molecule is CCCNC(=O)CN(C)c1ccc(C(=O)O)cc1C. The number of amides is 1. The highest BCUT2D eigenvalue weighted by molar-refractivity contribution is 5.89. The molecule has 0 radical (unpaired) electrons. The molecule has 0 aromatic heterocycles. The van der Waals surface area contributed by atoms with Crippen molar-refractivity contribution in [2.75, 3.05) is 25.0 Å². The highest BCUT2D eigenvalue weighted by atomic mass is 16.4. The van der Waals surface area contributed by atoms with Gasteiger partial charge in [0, 0.05) is 19.3 Å². The molecule has 0 aliphatic heterocycles. The number of carboxylic acid groups (broad SMARTS) is 1. The summed E-state index contributed by atoms with van der Waals surface area (Å²) < 4.78 is 0. The van der Waals surface area contributed by atoms with E-state index in [9.17, 15) is 9.59 Å². The van der Waals surface area contributed by atoms with Gasteiger partial charge in [-0.2, -0.15) is 0 Å². The topological polar surface area (TPSA) is 69.6 Å². The smallest absolute Gasteiger partial charge is 0.335 e. The Morgan fingerprint density at radius 1 is 1.37 bits per heavy atom. The standard InChI is InChI=1S/C14H20N2O3/c1-4-7-15-13(17)9-16(3)12-6-5-11(14(18)19)8-10(12)2/h5-6,8H,4,7,9H2,1-3H3,(H,15,17)(H,18,19). The third kappa shape index (κ3) is 4.28. The third-order valence-corrected chi connectivity index (χ3v) is 2.81. The number of anilines is 1. The number of aromatic carboxylic acids is 1. The maximum Gasteiger partial charge on any atom is 0.335 e. The van der Waals surface area contributed by atoms with Crippen LogP contribution >= 0.6 is 0 Å². The Bertz CT molecular complexity index is 472. The first-order valence-electron chi connectivity index (χ1n) is 6.27. The van der Waals surface area contributed by atoms with Crippen molar-refractivity contribution in [3.8, 4) is 0 Å². The molecule has 1 amide bonds. The predicted molar refractivity (Wildman–Crippen MR) is 74.7 cm³/mol. The van der Waals surface area contributed by atoms with Crippen molar-refractivity contribution in [1.29, 1.82) is 0 Å². The van der Waals surface area contributed by atoms with E-state index >= 15 is 0 Å². The van der Waals surface area contributed by atoms with E-state index in [0.29, 0.717) is 6.54 Å². The first kappa shape index (κ1) is 15.0. The summed E-state index contributed by atoms with van der Waals surface area (Å²) in [6.07, 6.45) is 0.905. The van der Waals surface area contributed by atoms with Crippen molar-refractivity contribution in [2.24, 2.45) is 0 Å². The Morgan fingerprint density at radius 3 is 2.58 bits per heavy atom. The average Bonchev–Trinajstić information content (AvgIpc) is 2.35. The van der Waals surface area contributed by atoms with Crippen molar-refractivity contribution < 1.29 is 14.7 Å². The fourth-order valence-corrected chi connectivity index (χ4v) is 1.84. The van der Waals surface area contributed by atoms with Crippen LogP contribution in [0.15, 0.2) is 18.2 Å². The lowest BCUT2D eigenvalue weighted by molar-refractivity contribution is -0.119. The number of carbonyl (C=O) groups is 2. The molecule has 0 heterocycles. The molecule has 0 fully saturated rings. The van der Waals surface area contributed by atoms with Crippen LogP contribution < -0.4 is 10.2 Å². The van der Waals surface area contributed by atoms with Crippen LogP contribution in [0.4, 0.5) is 5.69 Å². The van der Waals surface area contributed by atoms with Gasteiger partial charge in [0.15, 0.2) is 0 Å². The first-order valence-corrected chi connectivity index (χ1v) is 6.27. The van der Waals surface area contributed by atoms with Crippen molar-refractivity contribution in [2.45, 2.75) is 20.3 Å². The second kappa shape index (κ2) is 6.78.